The molecule has 0 amide bonds. The molecule has 0 saturated heterocycles. The number of aliphatic hydroxyl groups excluding tert-OH is 1. The number of allylic oxidation sites excluding steroid dienone is 4. The van der Waals surface area contributed by atoms with Gasteiger partial charge in [0.2, 0.25) is 0 Å². The van der Waals surface area contributed by atoms with Gasteiger partial charge >= 0.3 is 0 Å². The highest BCUT2D eigenvalue weighted by molar-refractivity contribution is 5.45. The van der Waals surface area contributed by atoms with Crippen LogP contribution in [0.15, 0.2) is 66.1 Å². The molecule has 0 atom stereocenters. The molecule has 4 nitrogen and oxygen atoms in total. The van der Waals surface area contributed by atoms with Crippen LogP contribution in [-0.4, -0.2) is 5.11 Å². The van der Waals surface area contributed by atoms with E-state index in [1.165, 1.54) is 6.08 Å². The third-order valence-electron chi connectivity index (χ3n) is 1.92. The van der Waals surface area contributed by atoms with Crippen molar-refractivity contribution in [1.82, 2.24) is 0 Å². The number of nitrogens with one attached hydrogen (secondary N) is 1. The molecular formula is C14H11N3O. The molecule has 2 N–H and O–H groups in total. The first kappa shape index (κ1) is 13.1. The van der Waals surface area contributed by atoms with E-state index in [0.717, 1.165) is 11.8 Å². The van der Waals surface area contributed by atoms with E-state index in [1.807, 2.05) is 30.3 Å². The molecule has 0 radical (unpaired) electrons. The Balaban J connectivity index is 2.57. The summed E-state index contributed by atoms with van der Waals surface area (Å²) in [5, 5.41) is 29.3. The Hall–Kier alpha value is -2.98. The van der Waals surface area contributed by atoms with Crippen molar-refractivity contribution < 1.29 is 5.11 Å². The van der Waals surface area contributed by atoms with Crippen LogP contribution in [0.1, 0.15) is 0 Å². The van der Waals surface area contributed by atoms with Crippen molar-refractivity contribution in [3.05, 3.63) is 66.1 Å². The first-order valence-corrected chi connectivity index (χ1v) is 5.15. The smallest absolute Gasteiger partial charge is 0.133 e. The fraction of sp³-hybridized carbons (Fsp3) is 0. The number of aliphatic hydroxyl groups is 1. The quantitative estimate of drug-likeness (QED) is 0.479. The summed E-state index contributed by atoms with van der Waals surface area (Å²) in [5.74, 6) is -0.154. The van der Waals surface area contributed by atoms with Gasteiger partial charge in [-0.15, -0.1) is 0 Å². The maximum atomic E-state index is 9.38. The summed E-state index contributed by atoms with van der Waals surface area (Å²) in [6.07, 6.45) is 5.69. The van der Waals surface area contributed by atoms with Crippen LogP contribution < -0.4 is 5.32 Å². The minimum absolute atomic E-state index is 0.145. The monoisotopic (exact) mass is 237 g/mol. The Kier molecular flexibility index (Phi) is 5.32. The van der Waals surface area contributed by atoms with E-state index >= 15 is 0 Å². The lowest BCUT2D eigenvalue weighted by Crippen LogP contribution is -1.85. The summed E-state index contributed by atoms with van der Waals surface area (Å²) < 4.78 is 0. The Morgan fingerprint density at radius 3 is 2.44 bits per heavy atom. The largest absolute Gasteiger partial charge is 0.508 e. The highest BCUT2D eigenvalue weighted by atomic mass is 16.3. The Morgan fingerprint density at radius 2 is 1.83 bits per heavy atom. The van der Waals surface area contributed by atoms with Gasteiger partial charge in [-0.1, -0.05) is 18.2 Å². The second-order valence-corrected chi connectivity index (χ2v) is 3.24. The standard InChI is InChI=1S/C14H11N3O/c15-10-12(11-16)9-14(18)7-4-8-17-13-5-2-1-3-6-13/h1-9,17-18H. The first-order valence-electron chi connectivity index (χ1n) is 5.15. The average molecular weight is 237 g/mol. The zero-order valence-electron chi connectivity index (χ0n) is 9.54. The molecule has 0 bridgehead atoms. The Bertz CT molecular complexity index is 541. The van der Waals surface area contributed by atoms with Crippen LogP contribution in [0.25, 0.3) is 0 Å². The number of nitriles is 2. The normalized spacial score (nSPS) is 10.4. The van der Waals surface area contributed by atoms with Crippen molar-refractivity contribution in [3.63, 3.8) is 0 Å². The van der Waals surface area contributed by atoms with Gasteiger partial charge in [0.15, 0.2) is 0 Å². The van der Waals surface area contributed by atoms with Gasteiger partial charge in [-0.2, -0.15) is 10.5 Å². The summed E-state index contributed by atoms with van der Waals surface area (Å²) in [5.41, 5.74) is 0.778. The summed E-state index contributed by atoms with van der Waals surface area (Å²) in [6.45, 7) is 0. The molecule has 0 spiro atoms. The lowest BCUT2D eigenvalue weighted by atomic mass is 10.2. The first-order chi connectivity index (χ1) is 8.76. The molecule has 4 heteroatoms. The van der Waals surface area contributed by atoms with E-state index in [0.29, 0.717) is 0 Å². The van der Waals surface area contributed by atoms with Crippen LogP contribution in [0.2, 0.25) is 0 Å². The van der Waals surface area contributed by atoms with E-state index < -0.39 is 0 Å². The van der Waals surface area contributed by atoms with Crippen molar-refractivity contribution >= 4 is 5.69 Å². The summed E-state index contributed by atoms with van der Waals surface area (Å²) in [7, 11) is 0. The molecule has 0 heterocycles. The molecule has 0 aliphatic heterocycles. The van der Waals surface area contributed by atoms with Crippen molar-refractivity contribution in [2.75, 3.05) is 5.32 Å². The molecule has 0 aliphatic rings. The molecule has 1 rings (SSSR count). The lowest BCUT2D eigenvalue weighted by molar-refractivity contribution is 0.432. The molecule has 1 aromatic rings. The highest BCUT2D eigenvalue weighted by Crippen LogP contribution is 2.04. The van der Waals surface area contributed by atoms with Crippen molar-refractivity contribution in [1.29, 1.82) is 10.5 Å². The number of anilines is 1. The van der Waals surface area contributed by atoms with E-state index in [-0.39, 0.29) is 11.3 Å². The van der Waals surface area contributed by atoms with Crippen LogP contribution in [0.5, 0.6) is 0 Å². The van der Waals surface area contributed by atoms with Crippen molar-refractivity contribution in [2.45, 2.75) is 0 Å². The van der Waals surface area contributed by atoms with Crippen molar-refractivity contribution in [3.8, 4) is 12.1 Å². The van der Waals surface area contributed by atoms with Crippen LogP contribution in [0.4, 0.5) is 5.69 Å². The highest BCUT2D eigenvalue weighted by Gasteiger charge is 1.92. The second-order valence-electron chi connectivity index (χ2n) is 3.24. The van der Waals surface area contributed by atoms with E-state index in [9.17, 15) is 5.11 Å². The average Bonchev–Trinajstić information content (AvgIpc) is 2.42. The number of para-hydroxylation sites is 1. The number of benzene rings is 1. The molecular weight excluding hydrogens is 226 g/mol. The number of hydrogen-bond donors (Lipinski definition) is 2. The third-order valence-corrected chi connectivity index (χ3v) is 1.92. The number of nitrogens with zero attached hydrogens (tertiary/aromatic N) is 2. The Morgan fingerprint density at radius 1 is 1.17 bits per heavy atom. The summed E-state index contributed by atoms with van der Waals surface area (Å²) in [6, 6.07) is 12.8. The van der Waals surface area contributed by atoms with Gasteiger partial charge in [-0.05, 0) is 24.3 Å². The maximum absolute atomic E-state index is 9.38. The van der Waals surface area contributed by atoms with E-state index in [1.54, 1.807) is 24.4 Å². The van der Waals surface area contributed by atoms with E-state index in [2.05, 4.69) is 5.32 Å². The Labute approximate surface area is 105 Å². The fourth-order valence-corrected chi connectivity index (χ4v) is 1.11. The second kappa shape index (κ2) is 7.32. The topological polar surface area (TPSA) is 79.8 Å². The van der Waals surface area contributed by atoms with Gasteiger partial charge in [0.05, 0.1) is 0 Å². The predicted molar refractivity (Wildman–Crippen MR) is 69.2 cm³/mol. The zero-order chi connectivity index (χ0) is 13.2. The molecule has 0 aliphatic carbocycles. The minimum atomic E-state index is -0.154. The van der Waals surface area contributed by atoms with Gasteiger partial charge in [0, 0.05) is 18.0 Å². The van der Waals surface area contributed by atoms with Gasteiger partial charge < -0.3 is 10.4 Å². The fourth-order valence-electron chi connectivity index (χ4n) is 1.11. The van der Waals surface area contributed by atoms with Crippen LogP contribution in [-0.2, 0) is 0 Å². The lowest BCUT2D eigenvalue weighted by Gasteiger charge is -1.97. The molecule has 18 heavy (non-hydrogen) atoms. The van der Waals surface area contributed by atoms with Crippen LogP contribution in [0.3, 0.4) is 0 Å². The van der Waals surface area contributed by atoms with Gasteiger partial charge in [0.1, 0.15) is 23.5 Å². The van der Waals surface area contributed by atoms with Gasteiger partial charge in [0.25, 0.3) is 0 Å². The molecule has 1 aromatic carbocycles. The number of hydrogen-bond acceptors (Lipinski definition) is 4. The van der Waals surface area contributed by atoms with E-state index in [4.69, 9.17) is 10.5 Å². The molecule has 88 valence electrons. The van der Waals surface area contributed by atoms with Crippen LogP contribution >= 0.6 is 0 Å². The maximum Gasteiger partial charge on any atom is 0.133 e. The van der Waals surface area contributed by atoms with Gasteiger partial charge in [-0.25, -0.2) is 0 Å². The van der Waals surface area contributed by atoms with Crippen LogP contribution in [0, 0.1) is 22.7 Å². The number of rotatable bonds is 4. The summed E-state index contributed by atoms with van der Waals surface area (Å²) in [4.78, 5) is 0. The summed E-state index contributed by atoms with van der Waals surface area (Å²) >= 11 is 0. The van der Waals surface area contributed by atoms with Crippen molar-refractivity contribution in [2.24, 2.45) is 0 Å². The third kappa shape index (κ3) is 4.69. The van der Waals surface area contributed by atoms with Gasteiger partial charge in [-0.3, -0.25) is 0 Å². The molecule has 0 saturated carbocycles. The molecule has 0 aromatic heterocycles. The molecule has 0 fully saturated rings. The predicted octanol–water partition coefficient (Wildman–Crippen LogP) is 3.03. The molecule has 0 unspecified atom stereocenters. The zero-order valence-corrected chi connectivity index (χ0v) is 9.54. The SMILES string of the molecule is N#CC(C#N)=CC(O)=CC=CNc1ccccc1. The minimum Gasteiger partial charge on any atom is -0.508 e.